The van der Waals surface area contributed by atoms with Crippen LogP contribution < -0.4 is 0 Å². The Kier molecular flexibility index (Phi) is 5.01. The summed E-state index contributed by atoms with van der Waals surface area (Å²) in [4.78, 5) is 0. The molecule has 0 aromatic rings. The van der Waals surface area contributed by atoms with E-state index in [-0.39, 0.29) is 0 Å². The quantitative estimate of drug-likeness (QED) is 0.568. The zero-order valence-corrected chi connectivity index (χ0v) is 8.35. The molecule has 0 rings (SSSR count). The van der Waals surface area contributed by atoms with Crippen molar-refractivity contribution in [2.24, 2.45) is 11.8 Å². The Hall–Kier alpha value is -0.460. The van der Waals surface area contributed by atoms with E-state index in [1.54, 1.807) is 7.11 Å². The predicted molar refractivity (Wildman–Crippen MR) is 49.4 cm³/mol. The van der Waals surface area contributed by atoms with Crippen molar-refractivity contribution in [3.63, 3.8) is 0 Å². The van der Waals surface area contributed by atoms with Crippen LogP contribution in [-0.2, 0) is 4.74 Å². The van der Waals surface area contributed by atoms with Crippen LogP contribution in [0.5, 0.6) is 0 Å². The molecule has 0 amide bonds. The Balaban J connectivity index is 4.03. The highest BCUT2D eigenvalue weighted by molar-refractivity contribution is 4.95. The van der Waals surface area contributed by atoms with Crippen molar-refractivity contribution in [2.45, 2.75) is 34.1 Å². The average Bonchev–Trinajstić information content (AvgIpc) is 1.99. The lowest BCUT2D eigenvalue weighted by Crippen LogP contribution is -2.01. The summed E-state index contributed by atoms with van der Waals surface area (Å²) in [6.45, 7) is 8.79. The van der Waals surface area contributed by atoms with E-state index in [1.165, 1.54) is 0 Å². The van der Waals surface area contributed by atoms with Crippen LogP contribution in [0.4, 0.5) is 0 Å². The molecule has 0 aromatic heterocycles. The van der Waals surface area contributed by atoms with E-state index in [9.17, 15) is 0 Å². The zero-order chi connectivity index (χ0) is 8.85. The van der Waals surface area contributed by atoms with E-state index in [0.717, 1.165) is 12.2 Å². The molecule has 0 aliphatic heterocycles. The van der Waals surface area contributed by atoms with Crippen LogP contribution in [0.1, 0.15) is 34.1 Å². The standard InChI is InChI=1S/C10H20O/c1-6-10(11-5)7-9(4)8(2)3/h7-9H,6H2,1-5H3/b10-7-. The minimum absolute atomic E-state index is 0.616. The van der Waals surface area contributed by atoms with Gasteiger partial charge in [-0.25, -0.2) is 0 Å². The van der Waals surface area contributed by atoms with Gasteiger partial charge in [-0.3, -0.25) is 0 Å². The fraction of sp³-hybridized carbons (Fsp3) is 0.800. The summed E-state index contributed by atoms with van der Waals surface area (Å²) in [5.41, 5.74) is 0. The molecule has 0 saturated heterocycles. The van der Waals surface area contributed by atoms with Crippen LogP contribution in [0, 0.1) is 11.8 Å². The maximum Gasteiger partial charge on any atom is 0.0915 e. The monoisotopic (exact) mass is 156 g/mol. The van der Waals surface area contributed by atoms with Crippen LogP contribution in [0.3, 0.4) is 0 Å². The molecule has 0 spiro atoms. The number of allylic oxidation sites excluding steroid dienone is 2. The van der Waals surface area contributed by atoms with Gasteiger partial charge in [0, 0.05) is 6.42 Å². The van der Waals surface area contributed by atoms with Gasteiger partial charge in [0.1, 0.15) is 0 Å². The van der Waals surface area contributed by atoms with Gasteiger partial charge in [-0.2, -0.15) is 0 Å². The van der Waals surface area contributed by atoms with Crippen molar-refractivity contribution in [3.8, 4) is 0 Å². The van der Waals surface area contributed by atoms with Gasteiger partial charge in [-0.05, 0) is 17.9 Å². The molecule has 0 aliphatic rings. The molecule has 0 saturated carbocycles. The molecule has 0 bridgehead atoms. The second kappa shape index (κ2) is 5.22. The molecule has 0 N–H and O–H groups in total. The Morgan fingerprint density at radius 1 is 1.36 bits per heavy atom. The minimum atomic E-state index is 0.616. The first kappa shape index (κ1) is 10.5. The smallest absolute Gasteiger partial charge is 0.0915 e. The molecule has 66 valence electrons. The second-order valence-electron chi connectivity index (χ2n) is 3.29. The van der Waals surface area contributed by atoms with Crippen molar-refractivity contribution in [1.82, 2.24) is 0 Å². The van der Waals surface area contributed by atoms with Crippen molar-refractivity contribution in [3.05, 3.63) is 11.8 Å². The normalized spacial score (nSPS) is 15.3. The van der Waals surface area contributed by atoms with Gasteiger partial charge < -0.3 is 4.74 Å². The molecule has 1 atom stereocenters. The molecular formula is C10H20O. The molecule has 0 radical (unpaired) electrons. The van der Waals surface area contributed by atoms with Crippen molar-refractivity contribution in [2.75, 3.05) is 7.11 Å². The molecule has 0 aliphatic carbocycles. The van der Waals surface area contributed by atoms with Crippen molar-refractivity contribution < 1.29 is 4.74 Å². The van der Waals surface area contributed by atoms with E-state index in [0.29, 0.717) is 11.8 Å². The number of hydrogen-bond donors (Lipinski definition) is 0. The minimum Gasteiger partial charge on any atom is -0.501 e. The highest BCUT2D eigenvalue weighted by Gasteiger charge is 2.04. The number of ether oxygens (including phenoxy) is 1. The summed E-state index contributed by atoms with van der Waals surface area (Å²) in [7, 11) is 1.74. The summed E-state index contributed by atoms with van der Waals surface area (Å²) in [5, 5.41) is 0. The molecule has 1 unspecified atom stereocenters. The molecule has 0 aromatic carbocycles. The van der Waals surface area contributed by atoms with E-state index in [4.69, 9.17) is 4.74 Å². The van der Waals surface area contributed by atoms with Crippen LogP contribution >= 0.6 is 0 Å². The first-order valence-corrected chi connectivity index (χ1v) is 4.36. The van der Waals surface area contributed by atoms with Gasteiger partial charge >= 0.3 is 0 Å². The van der Waals surface area contributed by atoms with Crippen LogP contribution in [-0.4, -0.2) is 7.11 Å². The van der Waals surface area contributed by atoms with Crippen molar-refractivity contribution in [1.29, 1.82) is 0 Å². The van der Waals surface area contributed by atoms with Crippen molar-refractivity contribution >= 4 is 0 Å². The second-order valence-corrected chi connectivity index (χ2v) is 3.29. The summed E-state index contributed by atoms with van der Waals surface area (Å²) in [6.07, 6.45) is 3.21. The Morgan fingerprint density at radius 3 is 2.18 bits per heavy atom. The van der Waals surface area contributed by atoms with E-state index in [2.05, 4.69) is 33.8 Å². The van der Waals surface area contributed by atoms with E-state index < -0.39 is 0 Å². The molecule has 0 fully saturated rings. The van der Waals surface area contributed by atoms with Crippen LogP contribution in [0.2, 0.25) is 0 Å². The summed E-state index contributed by atoms with van der Waals surface area (Å²) >= 11 is 0. The predicted octanol–water partition coefficient (Wildman–Crippen LogP) is 3.22. The Labute approximate surface area is 70.4 Å². The van der Waals surface area contributed by atoms with Crippen LogP contribution in [0.25, 0.3) is 0 Å². The largest absolute Gasteiger partial charge is 0.501 e. The first-order valence-electron chi connectivity index (χ1n) is 4.36. The zero-order valence-electron chi connectivity index (χ0n) is 8.35. The molecule has 11 heavy (non-hydrogen) atoms. The van der Waals surface area contributed by atoms with E-state index >= 15 is 0 Å². The fourth-order valence-corrected chi connectivity index (χ4v) is 0.816. The maximum atomic E-state index is 5.18. The average molecular weight is 156 g/mol. The molecular weight excluding hydrogens is 136 g/mol. The third kappa shape index (κ3) is 4.07. The van der Waals surface area contributed by atoms with E-state index in [1.807, 2.05) is 0 Å². The third-order valence-electron chi connectivity index (χ3n) is 2.11. The first-order chi connectivity index (χ1) is 5.11. The molecule has 0 heterocycles. The fourth-order valence-electron chi connectivity index (χ4n) is 0.816. The topological polar surface area (TPSA) is 9.23 Å². The van der Waals surface area contributed by atoms with Gasteiger partial charge in [0.05, 0.1) is 12.9 Å². The summed E-state index contributed by atoms with van der Waals surface area (Å²) < 4.78 is 5.18. The SMILES string of the molecule is CC/C(=C/C(C)C(C)C)OC. The maximum absolute atomic E-state index is 5.18. The number of methoxy groups -OCH3 is 1. The number of rotatable bonds is 4. The molecule has 1 nitrogen and oxygen atoms in total. The van der Waals surface area contributed by atoms with Gasteiger partial charge in [0.15, 0.2) is 0 Å². The van der Waals surface area contributed by atoms with Crippen LogP contribution in [0.15, 0.2) is 11.8 Å². The van der Waals surface area contributed by atoms with Gasteiger partial charge in [0.2, 0.25) is 0 Å². The van der Waals surface area contributed by atoms with Gasteiger partial charge in [-0.15, -0.1) is 0 Å². The third-order valence-corrected chi connectivity index (χ3v) is 2.11. The summed E-state index contributed by atoms with van der Waals surface area (Å²) in [6, 6.07) is 0. The lowest BCUT2D eigenvalue weighted by molar-refractivity contribution is 0.274. The van der Waals surface area contributed by atoms with Gasteiger partial charge in [-0.1, -0.05) is 27.7 Å². The lowest BCUT2D eigenvalue weighted by atomic mass is 9.97. The lowest BCUT2D eigenvalue weighted by Gasteiger charge is -2.12. The number of hydrogen-bond acceptors (Lipinski definition) is 1. The van der Waals surface area contributed by atoms with Gasteiger partial charge in [0.25, 0.3) is 0 Å². The summed E-state index contributed by atoms with van der Waals surface area (Å²) in [5.74, 6) is 2.42. The highest BCUT2D eigenvalue weighted by atomic mass is 16.5. The Morgan fingerprint density at radius 2 is 1.91 bits per heavy atom. The highest BCUT2D eigenvalue weighted by Crippen LogP contribution is 2.14. The Bertz CT molecular complexity index is 119. The molecule has 1 heteroatoms.